The number of nitrogens with zero attached hydrogens (tertiary/aromatic N) is 5. The number of β-amino-alcohol motifs (C(OH)–C–C–N with tert-alkyl or cyclic N) is 1. The van der Waals surface area contributed by atoms with E-state index in [0.717, 1.165) is 36.4 Å². The van der Waals surface area contributed by atoms with Crippen molar-refractivity contribution >= 4 is 17.0 Å². The lowest BCUT2D eigenvalue weighted by atomic mass is 9.93. The Morgan fingerprint density at radius 1 is 1.32 bits per heavy atom. The number of nitrogens with one attached hydrogen (secondary N) is 1. The van der Waals surface area contributed by atoms with Crippen LogP contribution in [0.4, 0.5) is 5.95 Å². The van der Waals surface area contributed by atoms with Crippen LogP contribution < -0.4 is 4.90 Å². The third-order valence-corrected chi connectivity index (χ3v) is 4.16. The molecule has 7 heteroatoms. The molecule has 0 amide bonds. The molecule has 1 unspecified atom stereocenters. The van der Waals surface area contributed by atoms with E-state index in [2.05, 4.69) is 25.2 Å². The summed E-state index contributed by atoms with van der Waals surface area (Å²) in [6.07, 6.45) is 5.08. The maximum atomic E-state index is 10.9. The summed E-state index contributed by atoms with van der Waals surface area (Å²) in [7, 11) is 0. The maximum absolute atomic E-state index is 10.9. The molecular weight excluding hydrogens is 280 g/mol. The van der Waals surface area contributed by atoms with Gasteiger partial charge in [-0.15, -0.1) is 5.10 Å². The number of anilines is 1. The first-order chi connectivity index (χ1) is 10.7. The topological polar surface area (TPSA) is 82.9 Å². The van der Waals surface area contributed by atoms with Gasteiger partial charge in [0.25, 0.3) is 0 Å². The first-order valence-corrected chi connectivity index (χ1v) is 7.48. The predicted octanol–water partition coefficient (Wildman–Crippen LogP) is 1.19. The molecule has 0 radical (unpaired) electrons. The number of benzene rings is 1. The van der Waals surface area contributed by atoms with E-state index in [1.165, 1.54) is 0 Å². The summed E-state index contributed by atoms with van der Waals surface area (Å²) in [4.78, 5) is 10.1. The summed E-state index contributed by atoms with van der Waals surface area (Å²) in [6.45, 7) is 1.87. The highest BCUT2D eigenvalue weighted by Crippen LogP contribution is 2.27. The molecule has 114 valence electrons. The lowest BCUT2D eigenvalue weighted by molar-refractivity contribution is 0.00570. The first-order valence-electron chi connectivity index (χ1n) is 7.48. The molecule has 2 aromatic heterocycles. The third-order valence-electron chi connectivity index (χ3n) is 4.16. The Kier molecular flexibility index (Phi) is 3.07. The molecule has 0 aliphatic carbocycles. The van der Waals surface area contributed by atoms with E-state index in [-0.39, 0.29) is 0 Å². The van der Waals surface area contributed by atoms with Gasteiger partial charge in [0.05, 0.1) is 30.3 Å². The van der Waals surface area contributed by atoms with E-state index < -0.39 is 5.60 Å². The Morgan fingerprint density at radius 3 is 3.05 bits per heavy atom. The van der Waals surface area contributed by atoms with Crippen LogP contribution in [0.25, 0.3) is 11.0 Å². The van der Waals surface area contributed by atoms with Gasteiger partial charge in [-0.2, -0.15) is 0 Å². The number of aromatic nitrogens is 5. The molecular formula is C15H18N6O. The highest BCUT2D eigenvalue weighted by atomic mass is 16.3. The third kappa shape index (κ3) is 2.43. The number of rotatable bonds is 3. The summed E-state index contributed by atoms with van der Waals surface area (Å²) >= 11 is 0. The molecule has 0 bridgehead atoms. The Balaban J connectivity index is 1.57. The Hall–Kier alpha value is -2.41. The Morgan fingerprint density at radius 2 is 2.23 bits per heavy atom. The normalized spacial score (nSPS) is 22.3. The number of fused-ring (bicyclic) bond motifs is 1. The van der Waals surface area contributed by atoms with E-state index in [1.54, 1.807) is 17.1 Å². The fraction of sp³-hybridized carbons (Fsp3) is 0.400. The zero-order valence-corrected chi connectivity index (χ0v) is 12.2. The summed E-state index contributed by atoms with van der Waals surface area (Å²) < 4.78 is 1.68. The van der Waals surface area contributed by atoms with Crippen LogP contribution in [0, 0.1) is 0 Å². The average molecular weight is 298 g/mol. The van der Waals surface area contributed by atoms with Crippen molar-refractivity contribution in [3.05, 3.63) is 36.7 Å². The molecule has 1 aromatic carbocycles. The van der Waals surface area contributed by atoms with Crippen LogP contribution in [0.2, 0.25) is 0 Å². The van der Waals surface area contributed by atoms with Gasteiger partial charge < -0.3 is 15.0 Å². The van der Waals surface area contributed by atoms with Gasteiger partial charge in [-0.05, 0) is 25.0 Å². The largest absolute Gasteiger partial charge is 0.386 e. The molecule has 0 spiro atoms. The number of H-pyrrole nitrogens is 1. The standard InChI is InChI=1S/C15H18N6O/c22-15(11-21-9-7-16-19-21)6-3-8-20(10-15)14-17-12-4-1-2-5-13(12)18-14/h1-2,4-5,7,9,22H,3,6,8,10-11H2,(H,17,18). The molecule has 1 aliphatic rings. The van der Waals surface area contributed by atoms with E-state index in [9.17, 15) is 5.11 Å². The van der Waals surface area contributed by atoms with Gasteiger partial charge >= 0.3 is 0 Å². The quantitative estimate of drug-likeness (QED) is 0.759. The van der Waals surface area contributed by atoms with E-state index >= 15 is 0 Å². The summed E-state index contributed by atoms with van der Waals surface area (Å²) in [5, 5.41) is 18.6. The highest BCUT2D eigenvalue weighted by molar-refractivity contribution is 5.77. The molecule has 0 saturated carbocycles. The molecule has 4 rings (SSSR count). The molecule has 3 heterocycles. The fourth-order valence-corrected chi connectivity index (χ4v) is 3.13. The number of imidazole rings is 1. The van der Waals surface area contributed by atoms with Crippen LogP contribution in [0.5, 0.6) is 0 Å². The van der Waals surface area contributed by atoms with Gasteiger partial charge in [0.1, 0.15) is 5.60 Å². The zero-order valence-electron chi connectivity index (χ0n) is 12.2. The number of aliphatic hydroxyl groups is 1. The van der Waals surface area contributed by atoms with Crippen molar-refractivity contribution in [2.75, 3.05) is 18.0 Å². The Bertz CT molecular complexity index is 734. The second-order valence-electron chi connectivity index (χ2n) is 5.93. The van der Waals surface area contributed by atoms with Gasteiger partial charge in [0.15, 0.2) is 0 Å². The number of aromatic amines is 1. The van der Waals surface area contributed by atoms with Crippen LogP contribution in [-0.4, -0.2) is 48.8 Å². The van der Waals surface area contributed by atoms with Crippen LogP contribution >= 0.6 is 0 Å². The van der Waals surface area contributed by atoms with Crippen molar-refractivity contribution in [3.8, 4) is 0 Å². The summed E-state index contributed by atoms with van der Waals surface area (Å²) in [6, 6.07) is 7.96. The molecule has 22 heavy (non-hydrogen) atoms. The average Bonchev–Trinajstić information content (AvgIpc) is 3.15. The van der Waals surface area contributed by atoms with Crippen LogP contribution in [0.1, 0.15) is 12.8 Å². The Labute approximate surface area is 127 Å². The van der Waals surface area contributed by atoms with E-state index in [0.29, 0.717) is 13.1 Å². The minimum absolute atomic E-state index is 0.448. The fourth-order valence-electron chi connectivity index (χ4n) is 3.13. The monoisotopic (exact) mass is 298 g/mol. The van der Waals surface area contributed by atoms with Crippen LogP contribution in [0.3, 0.4) is 0 Å². The minimum Gasteiger partial charge on any atom is -0.386 e. The van der Waals surface area contributed by atoms with Crippen molar-refractivity contribution in [3.63, 3.8) is 0 Å². The lowest BCUT2D eigenvalue weighted by Crippen LogP contribution is -2.51. The minimum atomic E-state index is -0.815. The molecule has 3 aromatic rings. The molecule has 1 saturated heterocycles. The smallest absolute Gasteiger partial charge is 0.203 e. The maximum Gasteiger partial charge on any atom is 0.203 e. The summed E-state index contributed by atoms with van der Waals surface area (Å²) in [5.41, 5.74) is 1.15. The van der Waals surface area contributed by atoms with Gasteiger partial charge in [-0.25, -0.2) is 9.67 Å². The number of hydrogen-bond donors (Lipinski definition) is 2. The number of hydrogen-bond acceptors (Lipinski definition) is 5. The molecule has 1 aliphatic heterocycles. The van der Waals surface area contributed by atoms with Gasteiger partial charge in [0.2, 0.25) is 5.95 Å². The van der Waals surface area contributed by atoms with Gasteiger partial charge in [-0.1, -0.05) is 17.3 Å². The number of para-hydroxylation sites is 2. The van der Waals surface area contributed by atoms with Crippen molar-refractivity contribution in [1.29, 1.82) is 0 Å². The SMILES string of the molecule is OC1(Cn2ccnn2)CCCN(c2nc3ccccc3[nH]2)C1. The van der Waals surface area contributed by atoms with Crippen molar-refractivity contribution < 1.29 is 5.11 Å². The lowest BCUT2D eigenvalue weighted by Gasteiger charge is -2.38. The van der Waals surface area contributed by atoms with Crippen molar-refractivity contribution in [2.24, 2.45) is 0 Å². The van der Waals surface area contributed by atoms with Crippen molar-refractivity contribution in [2.45, 2.75) is 25.0 Å². The molecule has 1 atom stereocenters. The second kappa shape index (κ2) is 5.10. The van der Waals surface area contributed by atoms with Gasteiger partial charge in [0, 0.05) is 12.7 Å². The summed E-state index contributed by atoms with van der Waals surface area (Å²) in [5.74, 6) is 0.818. The van der Waals surface area contributed by atoms with Crippen molar-refractivity contribution in [1.82, 2.24) is 25.0 Å². The van der Waals surface area contributed by atoms with Crippen LogP contribution in [-0.2, 0) is 6.54 Å². The molecule has 7 nitrogen and oxygen atoms in total. The second-order valence-corrected chi connectivity index (χ2v) is 5.93. The zero-order chi connectivity index (χ0) is 15.0. The van der Waals surface area contributed by atoms with E-state index in [1.807, 2.05) is 24.3 Å². The predicted molar refractivity (Wildman–Crippen MR) is 82.5 cm³/mol. The van der Waals surface area contributed by atoms with Gasteiger partial charge in [-0.3, -0.25) is 0 Å². The molecule has 2 N–H and O–H groups in total. The van der Waals surface area contributed by atoms with Crippen LogP contribution in [0.15, 0.2) is 36.7 Å². The molecule has 1 fully saturated rings. The van der Waals surface area contributed by atoms with E-state index in [4.69, 9.17) is 0 Å². The first kappa shape index (κ1) is 13.3. The highest BCUT2D eigenvalue weighted by Gasteiger charge is 2.35. The number of piperidine rings is 1.